The zero-order valence-electron chi connectivity index (χ0n) is 11.5. The van der Waals surface area contributed by atoms with Crippen LogP contribution in [0, 0.1) is 0 Å². The van der Waals surface area contributed by atoms with Crippen LogP contribution in [0.4, 0.5) is 0 Å². The first kappa shape index (κ1) is 12.3. The van der Waals surface area contributed by atoms with Gasteiger partial charge in [0.1, 0.15) is 5.65 Å². The van der Waals surface area contributed by atoms with E-state index in [1.54, 1.807) is 6.07 Å². The van der Waals surface area contributed by atoms with Crippen LogP contribution in [0.1, 0.15) is 17.0 Å². The van der Waals surface area contributed by atoms with Crippen LogP contribution in [0.2, 0.25) is 0 Å². The van der Waals surface area contributed by atoms with E-state index in [0.29, 0.717) is 6.54 Å². The van der Waals surface area contributed by atoms with Gasteiger partial charge in [0.2, 0.25) is 0 Å². The summed E-state index contributed by atoms with van der Waals surface area (Å²) in [6.07, 6.45) is 4.74. The van der Waals surface area contributed by atoms with Crippen molar-refractivity contribution in [2.24, 2.45) is 0 Å². The van der Waals surface area contributed by atoms with Gasteiger partial charge in [-0.1, -0.05) is 6.07 Å². The number of aromatic nitrogens is 4. The first-order valence-electron chi connectivity index (χ1n) is 7.03. The highest BCUT2D eigenvalue weighted by Crippen LogP contribution is 2.09. The van der Waals surface area contributed by atoms with E-state index in [1.807, 2.05) is 35.0 Å². The molecule has 6 nitrogen and oxygen atoms in total. The van der Waals surface area contributed by atoms with Crippen molar-refractivity contribution >= 4 is 5.65 Å². The third-order valence-corrected chi connectivity index (χ3v) is 3.74. The zero-order chi connectivity index (χ0) is 14.2. The number of fused-ring (bicyclic) bond motifs is 2. The Bertz CT molecular complexity index is 831. The van der Waals surface area contributed by atoms with E-state index in [1.165, 1.54) is 4.68 Å². The summed E-state index contributed by atoms with van der Waals surface area (Å²) in [6, 6.07) is 7.53. The molecule has 1 aliphatic rings. The number of pyridine rings is 1. The van der Waals surface area contributed by atoms with Crippen LogP contribution in [0.5, 0.6) is 0 Å². The Morgan fingerprint density at radius 1 is 1.33 bits per heavy atom. The molecule has 1 aliphatic heterocycles. The van der Waals surface area contributed by atoms with Gasteiger partial charge in [0, 0.05) is 38.0 Å². The first-order chi connectivity index (χ1) is 10.3. The van der Waals surface area contributed by atoms with Gasteiger partial charge in [-0.3, -0.25) is 4.79 Å². The van der Waals surface area contributed by atoms with Crippen molar-refractivity contribution in [3.63, 3.8) is 0 Å². The Kier molecular flexibility index (Phi) is 2.82. The lowest BCUT2D eigenvalue weighted by Crippen LogP contribution is -2.31. The molecule has 1 N–H and O–H groups in total. The summed E-state index contributed by atoms with van der Waals surface area (Å²) in [5.41, 5.74) is 3.66. The van der Waals surface area contributed by atoms with Crippen LogP contribution in [-0.4, -0.2) is 25.7 Å². The number of imidazole rings is 1. The summed E-state index contributed by atoms with van der Waals surface area (Å²) < 4.78 is 3.45. The fourth-order valence-electron chi connectivity index (χ4n) is 2.69. The molecular formula is C15H15N5O. The summed E-state index contributed by atoms with van der Waals surface area (Å²) in [5.74, 6) is 0. The monoisotopic (exact) mass is 281 g/mol. The van der Waals surface area contributed by atoms with Gasteiger partial charge in [-0.15, -0.1) is 0 Å². The molecule has 0 aliphatic carbocycles. The predicted octanol–water partition coefficient (Wildman–Crippen LogP) is 0.585. The smallest absolute Gasteiger partial charge is 0.267 e. The molecule has 0 unspecified atom stereocenters. The van der Waals surface area contributed by atoms with Crippen LogP contribution < -0.4 is 10.9 Å². The Labute approximate surface area is 121 Å². The summed E-state index contributed by atoms with van der Waals surface area (Å²) >= 11 is 0. The lowest BCUT2D eigenvalue weighted by molar-refractivity contribution is 0.559. The number of rotatable bonds is 2. The van der Waals surface area contributed by atoms with Crippen LogP contribution >= 0.6 is 0 Å². The Morgan fingerprint density at radius 2 is 2.29 bits per heavy atom. The van der Waals surface area contributed by atoms with Crippen molar-refractivity contribution in [3.05, 3.63) is 64.0 Å². The van der Waals surface area contributed by atoms with Gasteiger partial charge in [0.15, 0.2) is 0 Å². The quantitative estimate of drug-likeness (QED) is 0.746. The lowest BCUT2D eigenvalue weighted by Gasteiger charge is -2.16. The van der Waals surface area contributed by atoms with Crippen LogP contribution in [0.3, 0.4) is 0 Å². The van der Waals surface area contributed by atoms with Gasteiger partial charge in [-0.2, -0.15) is 5.10 Å². The molecule has 21 heavy (non-hydrogen) atoms. The molecule has 0 radical (unpaired) electrons. The molecular weight excluding hydrogens is 266 g/mol. The minimum Gasteiger partial charge on any atom is -0.312 e. The predicted molar refractivity (Wildman–Crippen MR) is 78.2 cm³/mol. The highest BCUT2D eigenvalue weighted by molar-refractivity contribution is 5.39. The van der Waals surface area contributed by atoms with Gasteiger partial charge in [-0.25, -0.2) is 9.67 Å². The molecule has 106 valence electrons. The second kappa shape index (κ2) is 4.82. The van der Waals surface area contributed by atoms with Crippen LogP contribution in [0.25, 0.3) is 5.65 Å². The van der Waals surface area contributed by atoms with Gasteiger partial charge in [-0.05, 0) is 17.7 Å². The van der Waals surface area contributed by atoms with E-state index in [4.69, 9.17) is 0 Å². The topological polar surface area (TPSA) is 64.2 Å². The molecule has 3 aromatic rings. The molecule has 4 rings (SSSR count). The van der Waals surface area contributed by atoms with Gasteiger partial charge in [0.25, 0.3) is 5.56 Å². The van der Waals surface area contributed by atoms with E-state index in [9.17, 15) is 4.79 Å². The molecule has 0 aromatic carbocycles. The SMILES string of the molecule is O=c1cc2c(nn1Cc1cn3ccccc3n1)CCNC2. The maximum absolute atomic E-state index is 12.1. The maximum atomic E-state index is 12.1. The first-order valence-corrected chi connectivity index (χ1v) is 7.03. The molecule has 0 fully saturated rings. The number of nitrogens with one attached hydrogen (secondary N) is 1. The Morgan fingerprint density at radius 3 is 3.19 bits per heavy atom. The van der Waals surface area contributed by atoms with E-state index in [-0.39, 0.29) is 5.56 Å². The van der Waals surface area contributed by atoms with Crippen LogP contribution in [0.15, 0.2) is 41.5 Å². The fourth-order valence-corrected chi connectivity index (χ4v) is 2.69. The Hall–Kier alpha value is -2.47. The van der Waals surface area contributed by atoms with Gasteiger partial charge in [0.05, 0.1) is 17.9 Å². The molecule has 0 spiro atoms. The minimum absolute atomic E-state index is 0.0745. The Balaban J connectivity index is 1.71. The van der Waals surface area contributed by atoms with E-state index >= 15 is 0 Å². The van der Waals surface area contributed by atoms with E-state index < -0.39 is 0 Å². The molecule has 4 heterocycles. The van der Waals surface area contributed by atoms with Crippen molar-refractivity contribution in [2.75, 3.05) is 6.54 Å². The third-order valence-electron chi connectivity index (χ3n) is 3.74. The second-order valence-electron chi connectivity index (χ2n) is 5.24. The second-order valence-corrected chi connectivity index (χ2v) is 5.24. The molecule has 0 saturated carbocycles. The summed E-state index contributed by atoms with van der Waals surface area (Å²) in [7, 11) is 0. The molecule has 0 atom stereocenters. The van der Waals surface area contributed by atoms with Gasteiger partial charge >= 0.3 is 0 Å². The average Bonchev–Trinajstić information content (AvgIpc) is 2.90. The number of hydrogen-bond acceptors (Lipinski definition) is 4. The molecule has 0 amide bonds. The molecule has 3 aromatic heterocycles. The van der Waals surface area contributed by atoms with E-state index in [0.717, 1.165) is 42.1 Å². The van der Waals surface area contributed by atoms with Crippen molar-refractivity contribution in [2.45, 2.75) is 19.5 Å². The summed E-state index contributed by atoms with van der Waals surface area (Å²) in [6.45, 7) is 2.04. The van der Waals surface area contributed by atoms with Crippen molar-refractivity contribution in [1.82, 2.24) is 24.5 Å². The van der Waals surface area contributed by atoms with Crippen molar-refractivity contribution < 1.29 is 0 Å². The third kappa shape index (κ3) is 2.23. The van der Waals surface area contributed by atoms with Crippen molar-refractivity contribution in [1.29, 1.82) is 0 Å². The van der Waals surface area contributed by atoms with Crippen molar-refractivity contribution in [3.8, 4) is 0 Å². The molecule has 0 saturated heterocycles. The summed E-state index contributed by atoms with van der Waals surface area (Å²) in [4.78, 5) is 16.7. The molecule has 6 heteroatoms. The lowest BCUT2D eigenvalue weighted by atomic mass is 10.1. The average molecular weight is 281 g/mol. The highest BCUT2D eigenvalue weighted by Gasteiger charge is 2.13. The maximum Gasteiger partial charge on any atom is 0.267 e. The minimum atomic E-state index is -0.0745. The number of hydrogen-bond donors (Lipinski definition) is 1. The van der Waals surface area contributed by atoms with E-state index in [2.05, 4.69) is 15.4 Å². The zero-order valence-corrected chi connectivity index (χ0v) is 11.5. The number of nitrogens with zero attached hydrogens (tertiary/aromatic N) is 4. The standard InChI is InChI=1S/C15H15N5O/c21-15-7-11-8-16-5-4-13(11)18-20(15)10-12-9-19-6-2-1-3-14(19)17-12/h1-3,6-7,9,16H,4-5,8,10H2. The normalized spacial score (nSPS) is 14.3. The highest BCUT2D eigenvalue weighted by atomic mass is 16.1. The summed E-state index contributed by atoms with van der Waals surface area (Å²) in [5, 5.41) is 7.74. The fraction of sp³-hybridized carbons (Fsp3) is 0.267. The van der Waals surface area contributed by atoms with Gasteiger partial charge < -0.3 is 9.72 Å². The molecule has 0 bridgehead atoms. The van der Waals surface area contributed by atoms with Crippen LogP contribution in [-0.2, 0) is 19.5 Å². The largest absolute Gasteiger partial charge is 0.312 e.